The molecule has 0 spiro atoms. The standard InChI is InChI=1S/C22H25NO7/c1-5-8-30-13-17-9-14(6-7-19(17)27-2)20(24)23-18-11-15(21(25)28-3)10-16(12-18)22(26)29-4/h6-7,9-12H,5,8,13H2,1-4H3,(H,23,24). The average Bonchev–Trinajstić information content (AvgIpc) is 2.77. The third-order valence-corrected chi connectivity index (χ3v) is 4.18. The van der Waals surface area contributed by atoms with E-state index in [1.54, 1.807) is 25.3 Å². The molecule has 0 atom stereocenters. The van der Waals surface area contributed by atoms with Crippen molar-refractivity contribution in [1.29, 1.82) is 0 Å². The molecule has 1 amide bonds. The van der Waals surface area contributed by atoms with Crippen LogP contribution in [0.2, 0.25) is 0 Å². The summed E-state index contributed by atoms with van der Waals surface area (Å²) in [6.07, 6.45) is 0.877. The molecule has 30 heavy (non-hydrogen) atoms. The molecule has 0 unspecified atom stereocenters. The number of ether oxygens (including phenoxy) is 4. The Bertz CT molecular complexity index is 889. The molecule has 0 heterocycles. The predicted octanol–water partition coefficient (Wildman–Crippen LogP) is 3.45. The Labute approximate surface area is 175 Å². The summed E-state index contributed by atoms with van der Waals surface area (Å²) in [5, 5.41) is 2.69. The molecule has 0 fully saturated rings. The Morgan fingerprint density at radius 3 is 2.03 bits per heavy atom. The second-order valence-corrected chi connectivity index (χ2v) is 6.32. The normalized spacial score (nSPS) is 10.3. The number of esters is 2. The quantitative estimate of drug-likeness (QED) is 0.494. The number of hydrogen-bond acceptors (Lipinski definition) is 7. The van der Waals surface area contributed by atoms with Crippen molar-refractivity contribution in [3.05, 3.63) is 58.7 Å². The first kappa shape index (κ1) is 22.9. The van der Waals surface area contributed by atoms with Crippen molar-refractivity contribution < 1.29 is 33.3 Å². The zero-order valence-corrected chi connectivity index (χ0v) is 17.4. The van der Waals surface area contributed by atoms with Crippen LogP contribution in [0.3, 0.4) is 0 Å². The van der Waals surface area contributed by atoms with Crippen LogP contribution < -0.4 is 10.1 Å². The Morgan fingerprint density at radius 2 is 1.50 bits per heavy atom. The van der Waals surface area contributed by atoms with Crippen molar-refractivity contribution in [2.75, 3.05) is 33.3 Å². The molecule has 1 N–H and O–H groups in total. The highest BCUT2D eigenvalue weighted by molar-refractivity contribution is 6.06. The highest BCUT2D eigenvalue weighted by Gasteiger charge is 2.16. The summed E-state index contributed by atoms with van der Waals surface area (Å²) in [5.41, 5.74) is 1.58. The fourth-order valence-corrected chi connectivity index (χ4v) is 2.73. The molecule has 0 aliphatic heterocycles. The molecule has 160 valence electrons. The summed E-state index contributed by atoms with van der Waals surface area (Å²) in [6, 6.07) is 9.15. The molecule has 0 saturated heterocycles. The van der Waals surface area contributed by atoms with Crippen LogP contribution in [-0.4, -0.2) is 45.8 Å². The van der Waals surface area contributed by atoms with Gasteiger partial charge in [-0.05, 0) is 42.8 Å². The Hall–Kier alpha value is -3.39. The number of carbonyl (C=O) groups excluding carboxylic acids is 3. The Kier molecular flexibility index (Phi) is 8.37. The lowest BCUT2D eigenvalue weighted by molar-refractivity contribution is 0.0599. The van der Waals surface area contributed by atoms with Gasteiger partial charge < -0.3 is 24.3 Å². The fourth-order valence-electron chi connectivity index (χ4n) is 2.73. The van der Waals surface area contributed by atoms with Crippen molar-refractivity contribution in [1.82, 2.24) is 0 Å². The summed E-state index contributed by atoms with van der Waals surface area (Å²) in [5.74, 6) is -1.09. The fraction of sp³-hybridized carbons (Fsp3) is 0.318. The minimum absolute atomic E-state index is 0.110. The SMILES string of the molecule is CCCOCc1cc(C(=O)Nc2cc(C(=O)OC)cc(C(=O)OC)c2)ccc1OC. The molecular formula is C22H25NO7. The van der Waals surface area contributed by atoms with Gasteiger partial charge in [-0.2, -0.15) is 0 Å². The first-order valence-corrected chi connectivity index (χ1v) is 9.31. The van der Waals surface area contributed by atoms with Crippen molar-refractivity contribution in [2.45, 2.75) is 20.0 Å². The Morgan fingerprint density at radius 1 is 0.867 bits per heavy atom. The van der Waals surface area contributed by atoms with Crippen molar-refractivity contribution in [2.24, 2.45) is 0 Å². The average molecular weight is 415 g/mol. The number of anilines is 1. The Balaban J connectivity index is 2.31. The number of methoxy groups -OCH3 is 3. The maximum atomic E-state index is 12.8. The lowest BCUT2D eigenvalue weighted by atomic mass is 10.1. The van der Waals surface area contributed by atoms with Gasteiger partial charge in [-0.15, -0.1) is 0 Å². The van der Waals surface area contributed by atoms with Crippen LogP contribution in [0.4, 0.5) is 5.69 Å². The van der Waals surface area contributed by atoms with Gasteiger partial charge in [0.15, 0.2) is 0 Å². The van der Waals surface area contributed by atoms with Crippen molar-refractivity contribution >= 4 is 23.5 Å². The van der Waals surface area contributed by atoms with Crippen molar-refractivity contribution in [3.63, 3.8) is 0 Å². The molecule has 8 heteroatoms. The van der Waals surface area contributed by atoms with Gasteiger partial charge in [0, 0.05) is 23.4 Å². The maximum Gasteiger partial charge on any atom is 0.337 e. The number of amides is 1. The molecule has 0 saturated carbocycles. The van der Waals surface area contributed by atoms with Gasteiger partial charge in [0.1, 0.15) is 5.75 Å². The van der Waals surface area contributed by atoms with Gasteiger partial charge in [-0.1, -0.05) is 6.92 Å². The van der Waals surface area contributed by atoms with Gasteiger partial charge in [0.2, 0.25) is 0 Å². The van der Waals surface area contributed by atoms with E-state index >= 15 is 0 Å². The first-order chi connectivity index (χ1) is 14.4. The van der Waals surface area contributed by atoms with E-state index in [1.807, 2.05) is 6.92 Å². The van der Waals surface area contributed by atoms with Gasteiger partial charge in [-0.25, -0.2) is 9.59 Å². The number of nitrogens with one attached hydrogen (secondary N) is 1. The molecule has 0 radical (unpaired) electrons. The van der Waals surface area contributed by atoms with E-state index in [0.29, 0.717) is 24.5 Å². The molecule has 0 aromatic heterocycles. The lowest BCUT2D eigenvalue weighted by Crippen LogP contribution is -2.15. The van der Waals surface area contributed by atoms with Crippen LogP contribution in [0, 0.1) is 0 Å². The molecule has 2 aromatic rings. The highest BCUT2D eigenvalue weighted by Crippen LogP contribution is 2.23. The largest absolute Gasteiger partial charge is 0.496 e. The summed E-state index contributed by atoms with van der Waals surface area (Å²) in [7, 11) is 4.00. The first-order valence-electron chi connectivity index (χ1n) is 9.31. The molecule has 0 aliphatic carbocycles. The van der Waals surface area contributed by atoms with E-state index < -0.39 is 17.8 Å². The van der Waals surface area contributed by atoms with Crippen LogP contribution in [0.5, 0.6) is 5.75 Å². The second-order valence-electron chi connectivity index (χ2n) is 6.32. The number of carbonyl (C=O) groups is 3. The van der Waals surface area contributed by atoms with E-state index in [0.717, 1.165) is 12.0 Å². The highest BCUT2D eigenvalue weighted by atomic mass is 16.5. The zero-order valence-electron chi connectivity index (χ0n) is 17.4. The lowest BCUT2D eigenvalue weighted by Gasteiger charge is -2.12. The summed E-state index contributed by atoms with van der Waals surface area (Å²) >= 11 is 0. The number of rotatable bonds is 9. The van der Waals surface area contributed by atoms with Gasteiger partial charge in [0.25, 0.3) is 5.91 Å². The molecule has 2 rings (SSSR count). The van der Waals surface area contributed by atoms with E-state index in [4.69, 9.17) is 18.9 Å². The molecular weight excluding hydrogens is 390 g/mol. The second kappa shape index (κ2) is 11.0. The maximum absolute atomic E-state index is 12.8. The number of hydrogen-bond donors (Lipinski definition) is 1. The van der Waals surface area contributed by atoms with Crippen LogP contribution in [0.1, 0.15) is 50.0 Å². The minimum atomic E-state index is -0.643. The van der Waals surface area contributed by atoms with Gasteiger partial charge >= 0.3 is 11.9 Å². The number of benzene rings is 2. The summed E-state index contributed by atoms with van der Waals surface area (Å²) in [6.45, 7) is 2.91. The van der Waals surface area contributed by atoms with E-state index in [-0.39, 0.29) is 16.8 Å². The van der Waals surface area contributed by atoms with Crippen LogP contribution in [0.25, 0.3) is 0 Å². The van der Waals surface area contributed by atoms with Crippen LogP contribution in [-0.2, 0) is 20.8 Å². The smallest absolute Gasteiger partial charge is 0.337 e. The van der Waals surface area contributed by atoms with E-state index in [2.05, 4.69) is 5.32 Å². The van der Waals surface area contributed by atoms with Crippen LogP contribution in [0.15, 0.2) is 36.4 Å². The van der Waals surface area contributed by atoms with E-state index in [9.17, 15) is 14.4 Å². The zero-order chi connectivity index (χ0) is 22.1. The van der Waals surface area contributed by atoms with Gasteiger partial charge in [-0.3, -0.25) is 4.79 Å². The molecule has 0 bridgehead atoms. The van der Waals surface area contributed by atoms with E-state index in [1.165, 1.54) is 32.4 Å². The minimum Gasteiger partial charge on any atom is -0.496 e. The molecule has 2 aromatic carbocycles. The summed E-state index contributed by atoms with van der Waals surface area (Å²) in [4.78, 5) is 36.6. The monoisotopic (exact) mass is 415 g/mol. The third kappa shape index (κ3) is 5.81. The molecule has 0 aliphatic rings. The predicted molar refractivity (Wildman–Crippen MR) is 110 cm³/mol. The third-order valence-electron chi connectivity index (χ3n) is 4.18. The van der Waals surface area contributed by atoms with Gasteiger partial charge in [0.05, 0.1) is 39.1 Å². The molecule has 8 nitrogen and oxygen atoms in total. The topological polar surface area (TPSA) is 100 Å². The van der Waals surface area contributed by atoms with Crippen LogP contribution >= 0.6 is 0 Å². The summed E-state index contributed by atoms with van der Waals surface area (Å²) < 4.78 is 20.3. The van der Waals surface area contributed by atoms with Crippen molar-refractivity contribution in [3.8, 4) is 5.75 Å².